The van der Waals surface area contributed by atoms with Gasteiger partial charge < -0.3 is 14.7 Å². The number of carbonyl (C=O) groups is 1. The van der Waals surface area contributed by atoms with Crippen LogP contribution in [0.2, 0.25) is 0 Å². The first-order valence-corrected chi connectivity index (χ1v) is 12.3. The zero-order valence-electron chi connectivity index (χ0n) is 20.7. The molecule has 1 aliphatic heterocycles. The van der Waals surface area contributed by atoms with Crippen LogP contribution in [0, 0.1) is 0 Å². The molecule has 1 amide bonds. The second kappa shape index (κ2) is 9.88. The number of hydrogen-bond acceptors (Lipinski definition) is 5. The number of fused-ring (bicyclic) bond motifs is 1. The number of amides is 1. The van der Waals surface area contributed by atoms with Crippen LogP contribution in [-0.4, -0.2) is 77.2 Å². The molecule has 0 saturated carbocycles. The number of anilines is 1. The Morgan fingerprint density at radius 1 is 0.943 bits per heavy atom. The lowest BCUT2D eigenvalue weighted by Gasteiger charge is -2.34. The number of piperazine rings is 1. The quantitative estimate of drug-likeness (QED) is 0.450. The smallest absolute Gasteiger partial charge is 0.253 e. The average Bonchev–Trinajstić information content (AvgIpc) is 3.33. The van der Waals surface area contributed by atoms with Crippen molar-refractivity contribution in [1.82, 2.24) is 25.0 Å². The fraction of sp³-hybridized carbons (Fsp3) is 0.321. The summed E-state index contributed by atoms with van der Waals surface area (Å²) >= 11 is 0. The number of aromatic nitrogens is 3. The summed E-state index contributed by atoms with van der Waals surface area (Å²) in [6.45, 7) is 9.66. The lowest BCUT2D eigenvalue weighted by atomic mass is 10.0. The van der Waals surface area contributed by atoms with E-state index in [1.807, 2.05) is 49.2 Å². The van der Waals surface area contributed by atoms with Gasteiger partial charge in [-0.3, -0.25) is 9.89 Å². The molecule has 5 rings (SSSR count). The highest BCUT2D eigenvalue weighted by Crippen LogP contribution is 2.31. The zero-order valence-corrected chi connectivity index (χ0v) is 20.7. The molecule has 0 spiro atoms. The summed E-state index contributed by atoms with van der Waals surface area (Å²) in [5.74, 6) is 0.0416. The SMILES string of the molecule is CCN(CC)C(=O)c1cccc(-c2[nH]nc3ncc(-c4ccc(N5CCN(C)CC5)cc4)cc23)c1. The van der Waals surface area contributed by atoms with Gasteiger partial charge in [0, 0.05) is 73.2 Å². The van der Waals surface area contributed by atoms with E-state index >= 15 is 0 Å². The molecule has 7 nitrogen and oxygen atoms in total. The van der Waals surface area contributed by atoms with E-state index in [-0.39, 0.29) is 5.91 Å². The molecule has 2 aromatic heterocycles. The van der Waals surface area contributed by atoms with Gasteiger partial charge in [0.05, 0.1) is 5.69 Å². The van der Waals surface area contributed by atoms with E-state index in [0.29, 0.717) is 24.3 Å². The maximum absolute atomic E-state index is 12.9. The van der Waals surface area contributed by atoms with Gasteiger partial charge in [0.15, 0.2) is 5.65 Å². The van der Waals surface area contributed by atoms with Crippen molar-refractivity contribution < 1.29 is 4.79 Å². The maximum Gasteiger partial charge on any atom is 0.253 e. The number of nitrogens with zero attached hydrogens (tertiary/aromatic N) is 5. The number of aromatic amines is 1. The van der Waals surface area contributed by atoms with Crippen molar-refractivity contribution in [3.8, 4) is 22.4 Å². The van der Waals surface area contributed by atoms with Crippen molar-refractivity contribution in [3.63, 3.8) is 0 Å². The first-order valence-electron chi connectivity index (χ1n) is 12.3. The molecule has 0 radical (unpaired) electrons. The second-order valence-corrected chi connectivity index (χ2v) is 9.09. The first-order chi connectivity index (χ1) is 17.1. The van der Waals surface area contributed by atoms with Crippen LogP contribution in [0.3, 0.4) is 0 Å². The first kappa shape index (κ1) is 23.1. The fourth-order valence-corrected chi connectivity index (χ4v) is 4.71. The summed E-state index contributed by atoms with van der Waals surface area (Å²) in [7, 11) is 2.17. The van der Waals surface area contributed by atoms with Crippen LogP contribution in [-0.2, 0) is 0 Å². The van der Waals surface area contributed by atoms with E-state index < -0.39 is 0 Å². The van der Waals surface area contributed by atoms with E-state index in [2.05, 4.69) is 62.4 Å². The molecular formula is C28H32N6O. The molecule has 0 atom stereocenters. The Hall–Kier alpha value is -3.71. The minimum absolute atomic E-state index is 0.0416. The molecule has 1 fully saturated rings. The van der Waals surface area contributed by atoms with Crippen LogP contribution >= 0.6 is 0 Å². The minimum atomic E-state index is 0.0416. The summed E-state index contributed by atoms with van der Waals surface area (Å²) in [5.41, 5.74) is 6.56. The van der Waals surface area contributed by atoms with Crippen LogP contribution in [0.25, 0.3) is 33.4 Å². The Kier molecular flexibility index (Phi) is 6.51. The highest BCUT2D eigenvalue weighted by Gasteiger charge is 2.17. The molecule has 1 aliphatic rings. The molecule has 35 heavy (non-hydrogen) atoms. The van der Waals surface area contributed by atoms with Crippen LogP contribution in [0.1, 0.15) is 24.2 Å². The number of hydrogen-bond donors (Lipinski definition) is 1. The molecule has 4 aromatic rings. The normalized spacial score (nSPS) is 14.4. The van der Waals surface area contributed by atoms with Crippen LogP contribution in [0.4, 0.5) is 5.69 Å². The number of H-pyrrole nitrogens is 1. The fourth-order valence-electron chi connectivity index (χ4n) is 4.71. The largest absolute Gasteiger partial charge is 0.369 e. The average molecular weight is 469 g/mol. The van der Waals surface area contributed by atoms with Gasteiger partial charge in [0.1, 0.15) is 0 Å². The van der Waals surface area contributed by atoms with Crippen molar-refractivity contribution in [3.05, 3.63) is 66.4 Å². The molecule has 180 valence electrons. The van der Waals surface area contributed by atoms with Gasteiger partial charge in [-0.1, -0.05) is 24.3 Å². The summed E-state index contributed by atoms with van der Waals surface area (Å²) in [5, 5.41) is 8.49. The number of rotatable bonds is 6. The molecular weight excluding hydrogens is 436 g/mol. The van der Waals surface area contributed by atoms with Crippen molar-refractivity contribution in [2.45, 2.75) is 13.8 Å². The lowest BCUT2D eigenvalue weighted by molar-refractivity contribution is 0.0773. The van der Waals surface area contributed by atoms with Crippen LogP contribution in [0.15, 0.2) is 60.8 Å². The van der Waals surface area contributed by atoms with Gasteiger partial charge in [0.25, 0.3) is 5.91 Å². The predicted molar refractivity (Wildman–Crippen MR) is 142 cm³/mol. The number of nitrogens with one attached hydrogen (secondary N) is 1. The summed E-state index contributed by atoms with van der Waals surface area (Å²) < 4.78 is 0. The molecule has 1 N–H and O–H groups in total. The van der Waals surface area contributed by atoms with E-state index in [4.69, 9.17) is 0 Å². The van der Waals surface area contributed by atoms with Gasteiger partial charge in [-0.15, -0.1) is 0 Å². The number of likely N-dealkylation sites (N-methyl/N-ethyl adjacent to an activating group) is 1. The summed E-state index contributed by atoms with van der Waals surface area (Å²) in [4.78, 5) is 24.1. The molecule has 1 saturated heterocycles. The van der Waals surface area contributed by atoms with Gasteiger partial charge in [-0.25, -0.2) is 4.98 Å². The van der Waals surface area contributed by atoms with Gasteiger partial charge >= 0.3 is 0 Å². The van der Waals surface area contributed by atoms with E-state index in [1.165, 1.54) is 5.69 Å². The lowest BCUT2D eigenvalue weighted by Crippen LogP contribution is -2.44. The van der Waals surface area contributed by atoms with E-state index in [0.717, 1.165) is 53.9 Å². The van der Waals surface area contributed by atoms with Gasteiger partial charge in [-0.2, -0.15) is 5.10 Å². The molecule has 2 aromatic carbocycles. The van der Waals surface area contributed by atoms with Crippen molar-refractivity contribution in [2.75, 3.05) is 51.2 Å². The second-order valence-electron chi connectivity index (χ2n) is 9.09. The third kappa shape index (κ3) is 4.64. The van der Waals surface area contributed by atoms with E-state index in [9.17, 15) is 4.79 Å². The standard InChI is InChI=1S/C28H32N6O/c1-4-33(5-2)28(35)22-8-6-7-21(17-22)26-25-18-23(19-29-27(25)31-30-26)20-9-11-24(12-10-20)34-15-13-32(3)14-16-34/h6-12,17-19H,4-5,13-16H2,1-3H3,(H,29,30,31). The number of pyridine rings is 1. The molecule has 7 heteroatoms. The molecule has 3 heterocycles. The van der Waals surface area contributed by atoms with Crippen molar-refractivity contribution in [2.24, 2.45) is 0 Å². The topological polar surface area (TPSA) is 68.4 Å². The minimum Gasteiger partial charge on any atom is -0.369 e. The van der Waals surface area contributed by atoms with Gasteiger partial charge in [-0.05, 0) is 56.8 Å². The van der Waals surface area contributed by atoms with Crippen molar-refractivity contribution in [1.29, 1.82) is 0 Å². The van der Waals surface area contributed by atoms with E-state index in [1.54, 1.807) is 0 Å². The Labute approximate surface area is 206 Å². The third-order valence-electron chi connectivity index (χ3n) is 6.93. The van der Waals surface area contributed by atoms with Crippen LogP contribution < -0.4 is 4.90 Å². The molecule has 0 bridgehead atoms. The Balaban J connectivity index is 1.44. The maximum atomic E-state index is 12.9. The predicted octanol–water partition coefficient (Wildman–Crippen LogP) is 4.53. The third-order valence-corrected chi connectivity index (χ3v) is 6.93. The Morgan fingerprint density at radius 2 is 1.69 bits per heavy atom. The van der Waals surface area contributed by atoms with Gasteiger partial charge in [0.2, 0.25) is 0 Å². The highest BCUT2D eigenvalue weighted by molar-refractivity contribution is 5.98. The molecule has 0 aliphatic carbocycles. The summed E-state index contributed by atoms with van der Waals surface area (Å²) in [6.07, 6.45) is 1.87. The number of benzene rings is 2. The summed E-state index contributed by atoms with van der Waals surface area (Å²) in [6, 6.07) is 18.6. The highest BCUT2D eigenvalue weighted by atomic mass is 16.2. The zero-order chi connectivity index (χ0) is 24.4. The Morgan fingerprint density at radius 3 is 2.40 bits per heavy atom. The Bertz CT molecular complexity index is 1320. The molecule has 0 unspecified atom stereocenters. The van der Waals surface area contributed by atoms with Crippen LogP contribution in [0.5, 0.6) is 0 Å². The number of carbonyl (C=O) groups excluding carboxylic acids is 1. The monoisotopic (exact) mass is 468 g/mol. The van der Waals surface area contributed by atoms with Crippen molar-refractivity contribution >= 4 is 22.6 Å².